The van der Waals surface area contributed by atoms with Crippen LogP contribution in [0.5, 0.6) is 11.5 Å². The average molecular weight is 461 g/mol. The van der Waals surface area contributed by atoms with Gasteiger partial charge in [-0.2, -0.15) is 0 Å². The van der Waals surface area contributed by atoms with E-state index in [-0.39, 0.29) is 30.4 Å². The third kappa shape index (κ3) is 9.56. The maximum atomic E-state index is 12.2. The van der Waals surface area contributed by atoms with E-state index in [1.165, 1.54) is 12.1 Å². The van der Waals surface area contributed by atoms with E-state index >= 15 is 0 Å². The zero-order valence-corrected chi connectivity index (χ0v) is 19.6. The number of unbranched alkanes of at least 4 members (excludes halogenated alkanes) is 2. The standard InChI is InChI=1S/C27H36O6/c1-3-5-7-22-17-24(28)13-9-20(22)11-15-26(30)32-19-33-27(31)16-12-21-10-14-25(29)18-23(21)8-6-4-2/h9-10,13-14,17-18,28-29H,3-8,11-12,15-16,19H2,1-2H3/i11T,13T. The number of carbonyl (C=O) groups is 2. The molecule has 0 radical (unpaired) electrons. The smallest absolute Gasteiger partial charge is 0.308 e. The summed E-state index contributed by atoms with van der Waals surface area (Å²) in [6, 6.07) is 7.95. The lowest BCUT2D eigenvalue weighted by atomic mass is 9.98. The zero-order chi connectivity index (χ0) is 25.8. The highest BCUT2D eigenvalue weighted by molar-refractivity contribution is 5.71. The average Bonchev–Trinajstić information content (AvgIpc) is 2.82. The van der Waals surface area contributed by atoms with Crippen LogP contribution in [0.3, 0.4) is 0 Å². The van der Waals surface area contributed by atoms with Gasteiger partial charge in [-0.05, 0) is 85.0 Å². The Morgan fingerprint density at radius 1 is 0.818 bits per heavy atom. The van der Waals surface area contributed by atoms with Crippen molar-refractivity contribution in [3.8, 4) is 11.5 Å². The fourth-order valence-electron chi connectivity index (χ4n) is 3.49. The fourth-order valence-corrected chi connectivity index (χ4v) is 3.49. The lowest BCUT2D eigenvalue weighted by molar-refractivity contribution is -0.167. The molecule has 0 aliphatic heterocycles. The molecule has 0 saturated carbocycles. The zero-order valence-electron chi connectivity index (χ0n) is 21.6. The first-order valence-corrected chi connectivity index (χ1v) is 11.6. The molecule has 2 aromatic carbocycles. The van der Waals surface area contributed by atoms with Gasteiger partial charge >= 0.3 is 11.9 Å². The van der Waals surface area contributed by atoms with Crippen LogP contribution < -0.4 is 0 Å². The topological polar surface area (TPSA) is 93.1 Å². The number of aryl methyl sites for hydroxylation is 4. The number of phenols is 2. The largest absolute Gasteiger partial charge is 0.508 e. The Hall–Kier alpha value is -3.02. The molecule has 6 nitrogen and oxygen atoms in total. The van der Waals surface area contributed by atoms with Crippen LogP contribution >= 0.6 is 0 Å². The molecular weight excluding hydrogens is 420 g/mol. The van der Waals surface area contributed by atoms with E-state index in [0.717, 1.165) is 48.8 Å². The van der Waals surface area contributed by atoms with Gasteiger partial charge in [-0.25, -0.2) is 0 Å². The Balaban J connectivity index is 1.82. The van der Waals surface area contributed by atoms with Gasteiger partial charge in [-0.15, -0.1) is 0 Å². The molecule has 2 N–H and O–H groups in total. The highest BCUT2D eigenvalue weighted by Gasteiger charge is 2.11. The first-order chi connectivity index (χ1) is 16.7. The van der Waals surface area contributed by atoms with E-state index < -0.39 is 25.1 Å². The molecule has 0 spiro atoms. The van der Waals surface area contributed by atoms with Crippen molar-refractivity contribution in [2.75, 3.05) is 6.79 Å². The summed E-state index contributed by atoms with van der Waals surface area (Å²) < 4.78 is 26.2. The van der Waals surface area contributed by atoms with Gasteiger partial charge in [0.1, 0.15) is 11.5 Å². The maximum Gasteiger partial charge on any atom is 0.308 e. The van der Waals surface area contributed by atoms with Crippen molar-refractivity contribution >= 4 is 11.9 Å². The molecule has 0 saturated heterocycles. The van der Waals surface area contributed by atoms with Crippen molar-refractivity contribution in [2.24, 2.45) is 0 Å². The van der Waals surface area contributed by atoms with Gasteiger partial charge in [0.2, 0.25) is 6.79 Å². The number of carbonyl (C=O) groups excluding carboxylic acids is 2. The molecule has 33 heavy (non-hydrogen) atoms. The first-order valence-electron chi connectivity index (χ1n) is 12.7. The Bertz CT molecular complexity index is 992. The third-order valence-electron chi connectivity index (χ3n) is 5.37. The molecule has 0 aromatic heterocycles. The van der Waals surface area contributed by atoms with Crippen LogP contribution in [0.15, 0.2) is 36.4 Å². The van der Waals surface area contributed by atoms with Crippen molar-refractivity contribution in [3.63, 3.8) is 0 Å². The van der Waals surface area contributed by atoms with E-state index in [2.05, 4.69) is 6.92 Å². The van der Waals surface area contributed by atoms with Gasteiger partial charge in [-0.3, -0.25) is 9.59 Å². The summed E-state index contributed by atoms with van der Waals surface area (Å²) in [6.07, 6.45) is 4.64. The Morgan fingerprint density at radius 3 is 2.09 bits per heavy atom. The van der Waals surface area contributed by atoms with E-state index in [0.29, 0.717) is 18.4 Å². The first kappa shape index (κ1) is 23.1. The molecule has 0 aliphatic carbocycles. The van der Waals surface area contributed by atoms with Gasteiger partial charge < -0.3 is 19.7 Å². The molecule has 1 unspecified atom stereocenters. The second-order valence-corrected chi connectivity index (χ2v) is 8.02. The third-order valence-corrected chi connectivity index (χ3v) is 5.37. The molecular formula is C27H36O6. The summed E-state index contributed by atoms with van der Waals surface area (Å²) in [6.45, 7) is 3.60. The van der Waals surface area contributed by atoms with Crippen molar-refractivity contribution in [1.29, 1.82) is 0 Å². The normalized spacial score (nSPS) is 12.5. The molecule has 2 rings (SSSR count). The van der Waals surface area contributed by atoms with E-state index in [9.17, 15) is 19.8 Å². The molecule has 0 heterocycles. The fraction of sp³-hybridized carbons (Fsp3) is 0.481. The van der Waals surface area contributed by atoms with Gasteiger partial charge in [0.15, 0.2) is 0 Å². The highest BCUT2D eigenvalue weighted by Crippen LogP contribution is 2.21. The summed E-state index contributed by atoms with van der Waals surface area (Å²) in [5, 5.41) is 19.6. The van der Waals surface area contributed by atoms with Crippen molar-refractivity contribution in [1.82, 2.24) is 0 Å². The van der Waals surface area contributed by atoms with Crippen molar-refractivity contribution in [3.05, 3.63) is 58.6 Å². The van der Waals surface area contributed by atoms with E-state index in [1.807, 2.05) is 13.0 Å². The summed E-state index contributed by atoms with van der Waals surface area (Å²) in [4.78, 5) is 24.3. The van der Waals surface area contributed by atoms with Crippen molar-refractivity contribution in [2.45, 2.75) is 78.0 Å². The Morgan fingerprint density at radius 2 is 1.42 bits per heavy atom. The second-order valence-electron chi connectivity index (χ2n) is 8.02. The minimum atomic E-state index is -0.953. The summed E-state index contributed by atoms with van der Waals surface area (Å²) >= 11 is 0. The van der Waals surface area contributed by atoms with Gasteiger partial charge in [-0.1, -0.05) is 38.8 Å². The SMILES string of the molecule is [3H]c1cc(C([3H])CC(=O)OCOC(=O)CCc2ccc(O)cc2CCCC)c(CCCC)cc1O. The predicted octanol–water partition coefficient (Wildman–Crippen LogP) is 5.39. The van der Waals surface area contributed by atoms with Crippen LogP contribution in [0.2, 0.25) is 0 Å². The van der Waals surface area contributed by atoms with Gasteiger partial charge in [0.05, 0.1) is 1.37 Å². The Labute approximate surface area is 199 Å². The minimum Gasteiger partial charge on any atom is -0.508 e. The number of rotatable bonds is 14. The highest BCUT2D eigenvalue weighted by atomic mass is 16.7. The molecule has 0 bridgehead atoms. The summed E-state index contributed by atoms with van der Waals surface area (Å²) in [5.41, 5.74) is 3.25. The second kappa shape index (κ2) is 14.2. The van der Waals surface area contributed by atoms with Crippen molar-refractivity contribution < 1.29 is 32.0 Å². The van der Waals surface area contributed by atoms with Crippen LogP contribution in [0, 0.1) is 0 Å². The lowest BCUT2D eigenvalue weighted by Gasteiger charge is -2.11. The Kier molecular flexibility index (Phi) is 9.96. The van der Waals surface area contributed by atoms with Gasteiger partial charge in [0, 0.05) is 14.2 Å². The quantitative estimate of drug-likeness (QED) is 0.290. The monoisotopic (exact) mass is 460 g/mol. The molecule has 2 aromatic rings. The van der Waals surface area contributed by atoms with Crippen LogP contribution in [0.4, 0.5) is 0 Å². The number of hydrogen-bond donors (Lipinski definition) is 2. The molecule has 0 amide bonds. The predicted molar refractivity (Wildman–Crippen MR) is 127 cm³/mol. The van der Waals surface area contributed by atoms with Crippen LogP contribution in [0.25, 0.3) is 0 Å². The number of phenolic OH excluding ortho intramolecular Hbond substituents is 2. The minimum absolute atomic E-state index is 0.0914. The van der Waals surface area contributed by atoms with Crippen LogP contribution in [-0.4, -0.2) is 28.9 Å². The van der Waals surface area contributed by atoms with Crippen LogP contribution in [0.1, 0.15) is 77.4 Å². The molecule has 1 atom stereocenters. The number of aromatic hydroxyl groups is 2. The van der Waals surface area contributed by atoms with Gasteiger partial charge in [0.25, 0.3) is 0 Å². The molecule has 0 fully saturated rings. The summed E-state index contributed by atoms with van der Waals surface area (Å²) in [5.74, 6) is -1.13. The molecule has 0 aliphatic rings. The number of hydrogen-bond acceptors (Lipinski definition) is 6. The number of benzene rings is 2. The maximum absolute atomic E-state index is 12.2. The number of esters is 2. The molecule has 6 heteroatoms. The van der Waals surface area contributed by atoms with Crippen LogP contribution in [-0.2, 0) is 44.7 Å². The van der Waals surface area contributed by atoms with E-state index in [1.54, 1.807) is 12.1 Å². The number of ether oxygens (including phenoxy) is 2. The summed E-state index contributed by atoms with van der Waals surface area (Å²) in [7, 11) is 0. The lowest BCUT2D eigenvalue weighted by Crippen LogP contribution is -2.14. The molecule has 180 valence electrons. The van der Waals surface area contributed by atoms with E-state index in [4.69, 9.17) is 12.2 Å².